The summed E-state index contributed by atoms with van der Waals surface area (Å²) in [5, 5.41) is 0. The highest BCUT2D eigenvalue weighted by Crippen LogP contribution is 2.31. The van der Waals surface area contributed by atoms with Crippen molar-refractivity contribution in [2.45, 2.75) is 50.9 Å². The third-order valence-corrected chi connectivity index (χ3v) is 3.36. The molecule has 3 N–H and O–H groups in total. The van der Waals surface area contributed by atoms with Crippen LogP contribution >= 0.6 is 0 Å². The number of amides is 1. The number of carbonyl (C=O) groups is 1. The van der Waals surface area contributed by atoms with Gasteiger partial charge in [-0.15, -0.1) is 0 Å². The van der Waals surface area contributed by atoms with Gasteiger partial charge in [0.1, 0.15) is 5.76 Å². The van der Waals surface area contributed by atoms with E-state index in [0.717, 1.165) is 18.6 Å². The van der Waals surface area contributed by atoms with Crippen LogP contribution in [-0.2, 0) is 0 Å². The van der Waals surface area contributed by atoms with Crippen molar-refractivity contribution in [2.24, 2.45) is 5.84 Å². The van der Waals surface area contributed by atoms with Crippen LogP contribution in [0.4, 0.5) is 0 Å². The third kappa shape index (κ3) is 3.06. The molecule has 0 aliphatic heterocycles. The van der Waals surface area contributed by atoms with Crippen molar-refractivity contribution in [2.75, 3.05) is 0 Å². The van der Waals surface area contributed by atoms with Crippen LogP contribution in [0.3, 0.4) is 0 Å². The van der Waals surface area contributed by atoms with E-state index in [1.165, 1.54) is 32.1 Å². The van der Waals surface area contributed by atoms with Crippen LogP contribution in [-0.4, -0.2) is 10.9 Å². The van der Waals surface area contributed by atoms with Crippen molar-refractivity contribution in [1.29, 1.82) is 0 Å². The van der Waals surface area contributed by atoms with Crippen LogP contribution in [0.15, 0.2) is 10.6 Å². The Morgan fingerprint density at radius 3 is 2.59 bits per heavy atom. The lowest BCUT2D eigenvalue weighted by molar-refractivity contribution is 0.0916. The fourth-order valence-corrected chi connectivity index (χ4v) is 2.38. The molecule has 94 valence electrons. The second kappa shape index (κ2) is 5.82. The van der Waals surface area contributed by atoms with Crippen LogP contribution in [0, 0.1) is 0 Å². The molecule has 1 saturated carbocycles. The zero-order valence-electron chi connectivity index (χ0n) is 9.95. The molecule has 1 aromatic heterocycles. The number of rotatable bonds is 2. The average molecular weight is 237 g/mol. The fraction of sp³-hybridized carbons (Fsp3) is 0.667. The maximum Gasteiger partial charge on any atom is 0.320 e. The first kappa shape index (κ1) is 12.1. The minimum atomic E-state index is -0.470. The molecule has 2 rings (SSSR count). The summed E-state index contributed by atoms with van der Waals surface area (Å²) < 4.78 is 5.47. The Hall–Kier alpha value is -1.36. The van der Waals surface area contributed by atoms with Gasteiger partial charge in [0.25, 0.3) is 5.89 Å². The van der Waals surface area contributed by atoms with Crippen molar-refractivity contribution < 1.29 is 9.21 Å². The zero-order valence-corrected chi connectivity index (χ0v) is 9.95. The van der Waals surface area contributed by atoms with Crippen molar-refractivity contribution >= 4 is 5.91 Å². The maximum atomic E-state index is 11.2. The Bertz CT molecular complexity index is 368. The van der Waals surface area contributed by atoms with Gasteiger partial charge in [-0.2, -0.15) is 0 Å². The fourth-order valence-electron chi connectivity index (χ4n) is 2.38. The lowest BCUT2D eigenvalue weighted by atomic mass is 9.90. The first-order chi connectivity index (χ1) is 8.31. The molecule has 0 aromatic carbocycles. The van der Waals surface area contributed by atoms with Crippen LogP contribution in [0.2, 0.25) is 0 Å². The Morgan fingerprint density at radius 1 is 1.29 bits per heavy atom. The average Bonchev–Trinajstić information content (AvgIpc) is 2.77. The topological polar surface area (TPSA) is 81.1 Å². The summed E-state index contributed by atoms with van der Waals surface area (Å²) in [6, 6.07) is 0. The van der Waals surface area contributed by atoms with E-state index in [0.29, 0.717) is 5.92 Å². The van der Waals surface area contributed by atoms with Crippen LogP contribution in [0.5, 0.6) is 0 Å². The van der Waals surface area contributed by atoms with Crippen molar-refractivity contribution in [3.8, 4) is 0 Å². The Kier molecular flexibility index (Phi) is 4.14. The summed E-state index contributed by atoms with van der Waals surface area (Å²) in [5.74, 6) is 5.86. The number of carbonyl (C=O) groups excluding carboxylic acids is 1. The Balaban J connectivity index is 2.04. The van der Waals surface area contributed by atoms with Gasteiger partial charge in [0.2, 0.25) is 0 Å². The molecule has 0 atom stereocenters. The third-order valence-electron chi connectivity index (χ3n) is 3.36. The summed E-state index contributed by atoms with van der Waals surface area (Å²) in [7, 11) is 0. The number of nitrogens with one attached hydrogen (secondary N) is 1. The lowest BCUT2D eigenvalue weighted by Crippen LogP contribution is -2.30. The number of hydrogen-bond donors (Lipinski definition) is 2. The molecule has 1 amide bonds. The van der Waals surface area contributed by atoms with Gasteiger partial charge in [0, 0.05) is 5.92 Å². The smallest absolute Gasteiger partial charge is 0.320 e. The van der Waals surface area contributed by atoms with Gasteiger partial charge in [0.15, 0.2) is 0 Å². The first-order valence-corrected chi connectivity index (χ1v) is 6.28. The van der Waals surface area contributed by atoms with Gasteiger partial charge in [-0.05, 0) is 12.8 Å². The van der Waals surface area contributed by atoms with E-state index in [1.54, 1.807) is 6.20 Å². The minimum absolute atomic E-state index is 0.0598. The summed E-state index contributed by atoms with van der Waals surface area (Å²) in [5.41, 5.74) is 2.02. The number of oxazole rings is 1. The molecule has 0 spiro atoms. The van der Waals surface area contributed by atoms with Crippen molar-refractivity contribution in [1.82, 2.24) is 10.4 Å². The van der Waals surface area contributed by atoms with Crippen LogP contribution in [0.1, 0.15) is 67.3 Å². The molecule has 1 aliphatic rings. The van der Waals surface area contributed by atoms with Gasteiger partial charge >= 0.3 is 5.91 Å². The van der Waals surface area contributed by atoms with Crippen molar-refractivity contribution in [3.63, 3.8) is 0 Å². The maximum absolute atomic E-state index is 11.2. The number of nitrogen functional groups attached to an aromatic ring is 1. The summed E-state index contributed by atoms with van der Waals surface area (Å²) in [4.78, 5) is 15.2. The second-order valence-electron chi connectivity index (χ2n) is 4.58. The molecule has 1 aliphatic carbocycles. The highest BCUT2D eigenvalue weighted by atomic mass is 16.4. The van der Waals surface area contributed by atoms with Crippen molar-refractivity contribution in [3.05, 3.63) is 17.8 Å². The predicted molar refractivity (Wildman–Crippen MR) is 63.2 cm³/mol. The molecule has 0 saturated heterocycles. The van der Waals surface area contributed by atoms with E-state index in [2.05, 4.69) is 4.98 Å². The summed E-state index contributed by atoms with van der Waals surface area (Å²) in [6.07, 6.45) is 10.3. The van der Waals surface area contributed by atoms with Gasteiger partial charge < -0.3 is 4.42 Å². The highest BCUT2D eigenvalue weighted by molar-refractivity contribution is 5.88. The number of hydrazine groups is 1. The van der Waals surface area contributed by atoms with E-state index in [1.807, 2.05) is 5.43 Å². The largest absolute Gasteiger partial charge is 0.437 e. The molecule has 0 radical (unpaired) electrons. The highest BCUT2D eigenvalue weighted by Gasteiger charge is 2.19. The van der Waals surface area contributed by atoms with Gasteiger partial charge in [-0.3, -0.25) is 10.2 Å². The minimum Gasteiger partial charge on any atom is -0.437 e. The van der Waals surface area contributed by atoms with E-state index in [-0.39, 0.29) is 5.89 Å². The number of nitrogens with two attached hydrogens (primary N) is 1. The molecule has 17 heavy (non-hydrogen) atoms. The molecule has 1 fully saturated rings. The lowest BCUT2D eigenvalue weighted by Gasteiger charge is -2.16. The van der Waals surface area contributed by atoms with Gasteiger partial charge in [-0.1, -0.05) is 32.1 Å². The molecule has 5 heteroatoms. The molecular weight excluding hydrogens is 218 g/mol. The number of nitrogens with zero attached hydrogens (tertiary/aromatic N) is 1. The SMILES string of the molecule is NNC(=O)c1ncc(C2CCCCCCC2)o1. The van der Waals surface area contributed by atoms with E-state index in [4.69, 9.17) is 10.3 Å². The molecule has 5 nitrogen and oxygen atoms in total. The Morgan fingerprint density at radius 2 is 1.94 bits per heavy atom. The zero-order chi connectivity index (χ0) is 12.1. The molecular formula is C12H19N3O2. The summed E-state index contributed by atoms with van der Waals surface area (Å²) in [6.45, 7) is 0. The predicted octanol–water partition coefficient (Wildman–Crippen LogP) is 2.11. The van der Waals surface area contributed by atoms with E-state index in [9.17, 15) is 4.79 Å². The number of aromatic nitrogens is 1. The first-order valence-electron chi connectivity index (χ1n) is 6.28. The van der Waals surface area contributed by atoms with Crippen LogP contribution < -0.4 is 11.3 Å². The van der Waals surface area contributed by atoms with E-state index < -0.39 is 5.91 Å². The Labute approximate surface area is 101 Å². The quantitative estimate of drug-likeness (QED) is 0.469. The second-order valence-corrected chi connectivity index (χ2v) is 4.58. The monoisotopic (exact) mass is 237 g/mol. The van der Waals surface area contributed by atoms with Gasteiger partial charge in [0.05, 0.1) is 6.20 Å². The number of hydrogen-bond acceptors (Lipinski definition) is 4. The normalized spacial score (nSPS) is 18.4. The molecule has 0 unspecified atom stereocenters. The van der Waals surface area contributed by atoms with Crippen LogP contribution in [0.25, 0.3) is 0 Å². The standard InChI is InChI=1S/C12H19N3O2/c13-15-11(16)12-14-8-10(17-12)9-6-4-2-1-3-5-7-9/h8-9H,1-7,13H2,(H,15,16). The molecule has 0 bridgehead atoms. The van der Waals surface area contributed by atoms with E-state index >= 15 is 0 Å². The molecule has 1 heterocycles. The van der Waals surface area contributed by atoms with Gasteiger partial charge in [-0.25, -0.2) is 10.8 Å². The molecule has 1 aromatic rings. The summed E-state index contributed by atoms with van der Waals surface area (Å²) >= 11 is 0.